The fourth-order valence-electron chi connectivity index (χ4n) is 3.50. The van der Waals surface area contributed by atoms with E-state index < -0.39 is 11.8 Å². The lowest BCUT2D eigenvalue weighted by molar-refractivity contribution is -0.272. The van der Waals surface area contributed by atoms with Crippen LogP contribution >= 0.6 is 0 Å². The highest BCUT2D eigenvalue weighted by Gasteiger charge is 2.41. The highest BCUT2D eigenvalue weighted by molar-refractivity contribution is 5.92. The van der Waals surface area contributed by atoms with E-state index in [0.29, 0.717) is 19.8 Å². The largest absolute Gasteiger partial charge is 0.465 e. The lowest BCUT2D eigenvalue weighted by atomic mass is 10.0. The Morgan fingerprint density at radius 2 is 2.03 bits per heavy atom. The molecule has 2 aromatic rings. The van der Waals surface area contributed by atoms with E-state index in [1.165, 1.54) is 7.11 Å². The molecule has 1 fully saturated rings. The van der Waals surface area contributed by atoms with Gasteiger partial charge >= 0.3 is 5.97 Å². The third-order valence-electron chi connectivity index (χ3n) is 5.27. The predicted octanol–water partition coefficient (Wildman–Crippen LogP) is 3.39. The molecule has 1 aromatic heterocycles. The van der Waals surface area contributed by atoms with Gasteiger partial charge < -0.3 is 18.8 Å². The fourth-order valence-corrected chi connectivity index (χ4v) is 3.50. The number of hydroxylamine groups is 1. The van der Waals surface area contributed by atoms with Crippen molar-refractivity contribution in [3.8, 4) is 0 Å². The zero-order chi connectivity index (χ0) is 20.9. The Morgan fingerprint density at radius 3 is 2.76 bits per heavy atom. The third kappa shape index (κ3) is 4.98. The average molecular weight is 402 g/mol. The molecule has 1 saturated heterocycles. The van der Waals surface area contributed by atoms with Crippen LogP contribution in [0, 0.1) is 5.92 Å². The number of carbonyl (C=O) groups is 1. The van der Waals surface area contributed by atoms with Gasteiger partial charge in [0.25, 0.3) is 5.79 Å². The van der Waals surface area contributed by atoms with Gasteiger partial charge in [0.2, 0.25) is 0 Å². The molecule has 0 amide bonds. The SMILES string of the molecule is C=C(NOCCCCC1COC(C)(C(=O)OC)OC1)c1cn(C)c2ccccc12. The van der Waals surface area contributed by atoms with Crippen molar-refractivity contribution in [2.24, 2.45) is 13.0 Å². The van der Waals surface area contributed by atoms with Crippen LogP contribution in [0.5, 0.6) is 0 Å². The summed E-state index contributed by atoms with van der Waals surface area (Å²) in [7, 11) is 3.35. The summed E-state index contributed by atoms with van der Waals surface area (Å²) in [6.07, 6.45) is 4.88. The fraction of sp³-hybridized carbons (Fsp3) is 0.500. The maximum atomic E-state index is 11.7. The molecule has 0 radical (unpaired) electrons. The minimum absolute atomic E-state index is 0.270. The van der Waals surface area contributed by atoms with E-state index in [9.17, 15) is 4.79 Å². The average Bonchev–Trinajstić information content (AvgIpc) is 3.08. The maximum absolute atomic E-state index is 11.7. The number of hydrogen-bond donors (Lipinski definition) is 1. The normalized spacial score (nSPS) is 21.8. The summed E-state index contributed by atoms with van der Waals surface area (Å²) in [6, 6.07) is 8.21. The van der Waals surface area contributed by atoms with Gasteiger partial charge in [0, 0.05) is 42.6 Å². The summed E-state index contributed by atoms with van der Waals surface area (Å²) in [4.78, 5) is 17.2. The highest BCUT2D eigenvalue weighted by Crippen LogP contribution is 2.26. The molecule has 1 aliphatic rings. The van der Waals surface area contributed by atoms with Crippen molar-refractivity contribution in [1.29, 1.82) is 0 Å². The standard InChI is InChI=1S/C22H30N2O5/c1-16(19-13-24(3)20-11-6-5-10-18(19)20)23-29-12-8-7-9-17-14-27-22(2,28-15-17)21(25)26-4/h5-6,10-11,13,17,23H,1,7-9,12,14-15H2,2-4H3. The number of para-hydroxylation sites is 1. The molecule has 0 unspecified atom stereocenters. The van der Waals surface area contributed by atoms with Crippen LogP contribution in [-0.4, -0.2) is 43.3 Å². The molecule has 7 nitrogen and oxygen atoms in total. The summed E-state index contributed by atoms with van der Waals surface area (Å²) in [6.45, 7) is 7.25. The molecular formula is C22H30N2O5. The summed E-state index contributed by atoms with van der Waals surface area (Å²) < 4.78 is 17.9. The van der Waals surface area contributed by atoms with Gasteiger partial charge in [-0.3, -0.25) is 10.3 Å². The van der Waals surface area contributed by atoms with Crippen molar-refractivity contribution >= 4 is 22.6 Å². The maximum Gasteiger partial charge on any atom is 0.366 e. The predicted molar refractivity (Wildman–Crippen MR) is 111 cm³/mol. The first-order chi connectivity index (χ1) is 13.9. The van der Waals surface area contributed by atoms with E-state index >= 15 is 0 Å². The number of unbranched alkanes of at least 4 members (excludes halogenated alkanes) is 1. The Morgan fingerprint density at radius 1 is 1.31 bits per heavy atom. The van der Waals surface area contributed by atoms with Crippen LogP contribution in [0.2, 0.25) is 0 Å². The zero-order valence-corrected chi connectivity index (χ0v) is 17.4. The molecule has 29 heavy (non-hydrogen) atoms. The molecule has 2 heterocycles. The second-order valence-corrected chi connectivity index (χ2v) is 7.52. The second-order valence-electron chi connectivity index (χ2n) is 7.52. The first-order valence-corrected chi connectivity index (χ1v) is 9.92. The lowest BCUT2D eigenvalue weighted by Crippen LogP contribution is -2.48. The smallest absolute Gasteiger partial charge is 0.366 e. The van der Waals surface area contributed by atoms with Crippen LogP contribution in [0.15, 0.2) is 37.0 Å². The van der Waals surface area contributed by atoms with Crippen molar-refractivity contribution < 1.29 is 23.8 Å². The van der Waals surface area contributed by atoms with Crippen molar-refractivity contribution in [2.45, 2.75) is 32.0 Å². The van der Waals surface area contributed by atoms with Crippen LogP contribution in [0.3, 0.4) is 0 Å². The molecule has 3 rings (SSSR count). The van der Waals surface area contributed by atoms with Gasteiger partial charge in [0.15, 0.2) is 0 Å². The molecule has 0 atom stereocenters. The monoisotopic (exact) mass is 402 g/mol. The van der Waals surface area contributed by atoms with Gasteiger partial charge in [0.05, 0.1) is 32.6 Å². The molecule has 158 valence electrons. The number of methoxy groups -OCH3 is 1. The van der Waals surface area contributed by atoms with E-state index in [1.807, 2.05) is 19.2 Å². The molecule has 1 aliphatic heterocycles. The topological polar surface area (TPSA) is 71.0 Å². The number of aryl methyl sites for hydroxylation is 1. The number of nitrogens with one attached hydrogen (secondary N) is 1. The molecule has 1 aromatic carbocycles. The van der Waals surface area contributed by atoms with Gasteiger partial charge in [0.1, 0.15) is 0 Å². The molecule has 1 N–H and O–H groups in total. The lowest BCUT2D eigenvalue weighted by Gasteiger charge is -2.35. The van der Waals surface area contributed by atoms with E-state index in [1.54, 1.807) is 6.92 Å². The summed E-state index contributed by atoms with van der Waals surface area (Å²) in [5.41, 5.74) is 5.91. The number of hydrogen-bond acceptors (Lipinski definition) is 6. The molecular weight excluding hydrogens is 372 g/mol. The molecule has 0 aliphatic carbocycles. The van der Waals surface area contributed by atoms with Crippen molar-refractivity contribution in [3.63, 3.8) is 0 Å². The van der Waals surface area contributed by atoms with Crippen molar-refractivity contribution in [3.05, 3.63) is 42.6 Å². The van der Waals surface area contributed by atoms with E-state index in [4.69, 9.17) is 19.0 Å². The number of nitrogens with zero attached hydrogens (tertiary/aromatic N) is 1. The van der Waals surface area contributed by atoms with Crippen molar-refractivity contribution in [2.75, 3.05) is 26.9 Å². The van der Waals surface area contributed by atoms with Gasteiger partial charge in [-0.1, -0.05) is 31.2 Å². The van der Waals surface area contributed by atoms with Crippen LogP contribution in [0.25, 0.3) is 16.6 Å². The number of rotatable bonds is 9. The van der Waals surface area contributed by atoms with Gasteiger partial charge in [-0.25, -0.2) is 4.79 Å². The van der Waals surface area contributed by atoms with Crippen molar-refractivity contribution in [1.82, 2.24) is 10.0 Å². The molecule has 0 spiro atoms. The van der Waals surface area contributed by atoms with Crippen LogP contribution < -0.4 is 5.48 Å². The number of aromatic nitrogens is 1. The van der Waals surface area contributed by atoms with Crippen LogP contribution in [0.1, 0.15) is 31.7 Å². The van der Waals surface area contributed by atoms with Gasteiger partial charge in [-0.05, 0) is 18.9 Å². The minimum Gasteiger partial charge on any atom is -0.465 e. The molecule has 0 bridgehead atoms. The zero-order valence-electron chi connectivity index (χ0n) is 17.4. The number of esters is 1. The Kier molecular flexibility index (Phi) is 6.95. The summed E-state index contributed by atoms with van der Waals surface area (Å²) >= 11 is 0. The number of carbonyl (C=O) groups excluding carboxylic acids is 1. The summed E-state index contributed by atoms with van der Waals surface area (Å²) in [5, 5.41) is 1.15. The molecule has 7 heteroatoms. The first kappa shape index (κ1) is 21.4. The van der Waals surface area contributed by atoms with Gasteiger partial charge in [-0.15, -0.1) is 0 Å². The quantitative estimate of drug-likeness (QED) is 0.394. The van der Waals surface area contributed by atoms with Crippen LogP contribution in [0.4, 0.5) is 0 Å². The highest BCUT2D eigenvalue weighted by atomic mass is 16.7. The number of fused-ring (bicyclic) bond motifs is 1. The first-order valence-electron chi connectivity index (χ1n) is 9.92. The minimum atomic E-state index is -1.28. The number of ether oxygens (including phenoxy) is 3. The van der Waals surface area contributed by atoms with E-state index in [0.717, 1.165) is 41.4 Å². The van der Waals surface area contributed by atoms with E-state index in [-0.39, 0.29) is 5.92 Å². The van der Waals surface area contributed by atoms with Crippen LogP contribution in [-0.2, 0) is 30.9 Å². The Balaban J connectivity index is 1.33. The Labute approximate surface area is 171 Å². The third-order valence-corrected chi connectivity index (χ3v) is 5.27. The molecule has 0 saturated carbocycles. The second kappa shape index (κ2) is 9.43. The Hall–Kier alpha value is -2.35. The van der Waals surface area contributed by atoms with Gasteiger partial charge in [-0.2, -0.15) is 0 Å². The Bertz CT molecular complexity index is 852. The number of benzene rings is 1. The summed E-state index contributed by atoms with van der Waals surface area (Å²) in [5.74, 6) is -1.51. The van der Waals surface area contributed by atoms with E-state index in [2.05, 4.69) is 35.0 Å².